The molecule has 0 aromatic rings. The van der Waals surface area contributed by atoms with E-state index in [4.69, 9.17) is 12.2 Å². The number of nitrogens with zero attached hydrogens (tertiary/aromatic N) is 1. The smallest absolute Gasteiger partial charge is 0.240 e. The molecule has 1 aliphatic heterocycles. The van der Waals surface area contributed by atoms with E-state index in [1.165, 1.54) is 4.90 Å². The maximum absolute atomic E-state index is 12.3. The van der Waals surface area contributed by atoms with Crippen molar-refractivity contribution >= 4 is 35.1 Å². The van der Waals surface area contributed by atoms with Crippen molar-refractivity contribution in [1.29, 1.82) is 0 Å². The second-order valence-electron chi connectivity index (χ2n) is 7.19. The first-order valence-corrected chi connectivity index (χ1v) is 9.49. The van der Waals surface area contributed by atoms with Gasteiger partial charge in [0.1, 0.15) is 0 Å². The molecule has 0 radical (unpaired) electrons. The monoisotopic (exact) mass is 368 g/mol. The summed E-state index contributed by atoms with van der Waals surface area (Å²) in [4.78, 5) is 37.8. The molecule has 2 rings (SSSR count). The molecule has 1 saturated heterocycles. The summed E-state index contributed by atoms with van der Waals surface area (Å²) in [5.74, 6) is -0.282. The van der Waals surface area contributed by atoms with Crippen LogP contribution in [0.5, 0.6) is 0 Å². The topological polar surface area (TPSA) is 90.5 Å². The number of rotatable bonds is 6. The van der Waals surface area contributed by atoms with Gasteiger partial charge in [-0.25, -0.2) is 0 Å². The number of carbonyl (C=O) groups is 3. The molecule has 2 atom stereocenters. The number of carbonyl (C=O) groups excluding carboxylic acids is 3. The lowest BCUT2D eigenvalue weighted by molar-refractivity contribution is -0.140. The molecule has 1 aliphatic carbocycles. The van der Waals surface area contributed by atoms with E-state index in [9.17, 15) is 14.4 Å². The highest BCUT2D eigenvalue weighted by atomic mass is 32.1. The summed E-state index contributed by atoms with van der Waals surface area (Å²) in [5, 5.41) is 3.36. The number of fused-ring (bicyclic) bond motifs is 1. The molecule has 2 fully saturated rings. The lowest BCUT2D eigenvalue weighted by Gasteiger charge is -2.19. The molecule has 8 heteroatoms. The summed E-state index contributed by atoms with van der Waals surface area (Å²) in [6.45, 7) is 5.11. The van der Waals surface area contributed by atoms with Gasteiger partial charge in [-0.1, -0.05) is 26.7 Å². The molecule has 0 bridgehead atoms. The number of nitrogens with one attached hydrogen (secondary N) is 3. The van der Waals surface area contributed by atoms with Crippen LogP contribution in [0.4, 0.5) is 0 Å². The molecule has 0 unspecified atom stereocenters. The number of likely N-dealkylation sites (tertiary alicyclic amines) is 1. The predicted octanol–water partition coefficient (Wildman–Crippen LogP) is 1.09. The largest absolute Gasteiger partial charge is 0.361 e. The van der Waals surface area contributed by atoms with Crippen molar-refractivity contribution in [1.82, 2.24) is 21.1 Å². The van der Waals surface area contributed by atoms with E-state index in [1.54, 1.807) is 0 Å². The summed E-state index contributed by atoms with van der Waals surface area (Å²) in [6.07, 6.45) is 4.63. The normalized spacial score (nSPS) is 22.8. The van der Waals surface area contributed by atoms with Crippen LogP contribution in [0.15, 0.2) is 0 Å². The number of hydrogen-bond acceptors (Lipinski definition) is 4. The highest BCUT2D eigenvalue weighted by Crippen LogP contribution is 2.37. The van der Waals surface area contributed by atoms with Crippen molar-refractivity contribution in [3.8, 4) is 0 Å². The SMILES string of the molecule is CC(C)CCNC(=S)NNC(=O)CCN1C(=O)[C@H]2CCCC[C@H]2C1=O. The summed E-state index contributed by atoms with van der Waals surface area (Å²) in [5.41, 5.74) is 5.13. The molecule has 0 aromatic carbocycles. The molecule has 140 valence electrons. The van der Waals surface area contributed by atoms with Gasteiger partial charge in [-0.05, 0) is 37.4 Å². The van der Waals surface area contributed by atoms with Crippen LogP contribution in [0.3, 0.4) is 0 Å². The summed E-state index contributed by atoms with van der Waals surface area (Å²) < 4.78 is 0. The van der Waals surface area contributed by atoms with E-state index < -0.39 is 0 Å². The molecule has 2 aliphatic rings. The fourth-order valence-corrected chi connectivity index (χ4v) is 3.53. The van der Waals surface area contributed by atoms with Crippen LogP contribution in [-0.2, 0) is 14.4 Å². The Hall–Kier alpha value is -1.70. The molecular weight excluding hydrogens is 340 g/mol. The van der Waals surface area contributed by atoms with Crippen molar-refractivity contribution in [2.24, 2.45) is 17.8 Å². The van der Waals surface area contributed by atoms with Gasteiger partial charge in [0.2, 0.25) is 17.7 Å². The van der Waals surface area contributed by atoms with Gasteiger partial charge in [0, 0.05) is 19.5 Å². The molecule has 25 heavy (non-hydrogen) atoms. The van der Waals surface area contributed by atoms with Crippen molar-refractivity contribution < 1.29 is 14.4 Å². The highest BCUT2D eigenvalue weighted by Gasteiger charge is 2.47. The number of hydrogen-bond donors (Lipinski definition) is 3. The summed E-state index contributed by atoms with van der Waals surface area (Å²) in [7, 11) is 0. The minimum absolute atomic E-state index is 0.0680. The second kappa shape index (κ2) is 9.12. The van der Waals surface area contributed by atoms with Gasteiger partial charge in [0.05, 0.1) is 11.8 Å². The molecular formula is C17H28N4O3S. The van der Waals surface area contributed by atoms with E-state index in [1.807, 2.05) is 0 Å². The van der Waals surface area contributed by atoms with Crippen LogP contribution < -0.4 is 16.2 Å². The third kappa shape index (κ3) is 5.39. The average Bonchev–Trinajstić information content (AvgIpc) is 2.82. The first-order valence-electron chi connectivity index (χ1n) is 9.08. The van der Waals surface area contributed by atoms with Gasteiger partial charge in [-0.3, -0.25) is 30.1 Å². The van der Waals surface area contributed by atoms with Crippen LogP contribution in [0.25, 0.3) is 0 Å². The molecule has 3 N–H and O–H groups in total. The highest BCUT2D eigenvalue weighted by molar-refractivity contribution is 7.80. The van der Waals surface area contributed by atoms with Gasteiger partial charge in [-0.15, -0.1) is 0 Å². The van der Waals surface area contributed by atoms with Crippen LogP contribution in [0.2, 0.25) is 0 Å². The first-order chi connectivity index (χ1) is 11.9. The Balaban J connectivity index is 1.68. The van der Waals surface area contributed by atoms with Crippen molar-refractivity contribution in [3.05, 3.63) is 0 Å². The minimum atomic E-state index is -0.302. The third-order valence-electron chi connectivity index (χ3n) is 4.82. The van der Waals surface area contributed by atoms with Gasteiger partial charge in [0.15, 0.2) is 5.11 Å². The first kappa shape index (κ1) is 19.6. The van der Waals surface area contributed by atoms with E-state index in [2.05, 4.69) is 30.0 Å². The number of amides is 3. The zero-order valence-corrected chi connectivity index (χ0v) is 15.8. The van der Waals surface area contributed by atoms with E-state index in [0.717, 1.165) is 38.6 Å². The Morgan fingerprint density at radius 3 is 2.32 bits per heavy atom. The number of hydrazine groups is 1. The van der Waals surface area contributed by atoms with Crippen LogP contribution >= 0.6 is 12.2 Å². The Morgan fingerprint density at radius 2 is 1.76 bits per heavy atom. The van der Waals surface area contributed by atoms with E-state index >= 15 is 0 Å². The fourth-order valence-electron chi connectivity index (χ4n) is 3.37. The molecule has 1 saturated carbocycles. The molecule has 1 heterocycles. The van der Waals surface area contributed by atoms with Crippen molar-refractivity contribution in [3.63, 3.8) is 0 Å². The van der Waals surface area contributed by atoms with Crippen molar-refractivity contribution in [2.45, 2.75) is 52.4 Å². The molecule has 7 nitrogen and oxygen atoms in total. The van der Waals surface area contributed by atoms with Gasteiger partial charge >= 0.3 is 0 Å². The Morgan fingerprint density at radius 1 is 1.16 bits per heavy atom. The number of thiocarbonyl (C=S) groups is 1. The minimum Gasteiger partial charge on any atom is -0.361 e. The maximum atomic E-state index is 12.3. The Bertz CT molecular complexity index is 514. The van der Waals surface area contributed by atoms with Crippen LogP contribution in [0, 0.1) is 17.8 Å². The second-order valence-corrected chi connectivity index (χ2v) is 7.60. The Labute approximate surface area is 154 Å². The van der Waals surface area contributed by atoms with Gasteiger partial charge < -0.3 is 5.32 Å². The Kier molecular flexibility index (Phi) is 7.16. The van der Waals surface area contributed by atoms with E-state index in [-0.39, 0.29) is 42.5 Å². The predicted molar refractivity (Wildman–Crippen MR) is 98.1 cm³/mol. The number of imide groups is 1. The fraction of sp³-hybridized carbons (Fsp3) is 0.765. The standard InChI is InChI=1S/C17H28N4O3S/c1-11(2)7-9-18-17(25)20-19-14(22)8-10-21-15(23)12-5-3-4-6-13(12)16(21)24/h11-13H,3-10H2,1-2H3,(H,19,22)(H2,18,20,25)/t12-,13+. The molecule has 3 amide bonds. The zero-order chi connectivity index (χ0) is 18.4. The van der Waals surface area contributed by atoms with Crippen LogP contribution in [-0.4, -0.2) is 40.8 Å². The zero-order valence-electron chi connectivity index (χ0n) is 15.0. The lowest BCUT2D eigenvalue weighted by atomic mass is 9.81. The third-order valence-corrected chi connectivity index (χ3v) is 5.06. The molecule has 0 aromatic heterocycles. The average molecular weight is 369 g/mol. The summed E-state index contributed by atoms with van der Waals surface area (Å²) in [6, 6.07) is 0. The van der Waals surface area contributed by atoms with Crippen molar-refractivity contribution in [2.75, 3.05) is 13.1 Å². The quantitative estimate of drug-likeness (QED) is 0.369. The molecule has 0 spiro atoms. The lowest BCUT2D eigenvalue weighted by Crippen LogP contribution is -2.47. The summed E-state index contributed by atoms with van der Waals surface area (Å²) >= 11 is 5.07. The van der Waals surface area contributed by atoms with Gasteiger partial charge in [-0.2, -0.15) is 0 Å². The van der Waals surface area contributed by atoms with Gasteiger partial charge in [0.25, 0.3) is 0 Å². The maximum Gasteiger partial charge on any atom is 0.240 e. The van der Waals surface area contributed by atoms with Crippen LogP contribution in [0.1, 0.15) is 52.4 Å². The van der Waals surface area contributed by atoms with E-state index in [0.29, 0.717) is 11.0 Å².